The molecule has 0 aliphatic rings. The van der Waals surface area contributed by atoms with Crippen LogP contribution in [-0.2, 0) is 9.59 Å². The Morgan fingerprint density at radius 3 is 2.46 bits per heavy atom. The third kappa shape index (κ3) is 8.17. The molecule has 1 rings (SSSR count). The molecule has 1 unspecified atom stereocenters. The van der Waals surface area contributed by atoms with Crippen LogP contribution < -0.4 is 15.0 Å². The summed E-state index contributed by atoms with van der Waals surface area (Å²) in [5.74, 6) is 0.641. The molecule has 1 aromatic rings. The number of carbonyl (C=O) groups excluding carboxylic acids is 2. The van der Waals surface area contributed by atoms with Crippen LogP contribution in [0.1, 0.15) is 13.8 Å². The summed E-state index contributed by atoms with van der Waals surface area (Å²) in [6.07, 6.45) is 0. The first-order chi connectivity index (χ1) is 11.3. The lowest BCUT2D eigenvalue weighted by atomic mass is 10.3. The molecule has 0 fully saturated rings. The van der Waals surface area contributed by atoms with E-state index in [2.05, 4.69) is 5.32 Å². The van der Waals surface area contributed by atoms with Crippen LogP contribution >= 0.6 is 11.6 Å². The molecule has 1 aromatic carbocycles. The Kier molecular flexibility index (Phi) is 8.57. The molecule has 0 aliphatic heterocycles. The molecule has 24 heavy (non-hydrogen) atoms. The van der Waals surface area contributed by atoms with Crippen molar-refractivity contribution in [3.8, 4) is 5.75 Å². The highest BCUT2D eigenvalue weighted by Gasteiger charge is 2.17. The summed E-state index contributed by atoms with van der Waals surface area (Å²) in [4.78, 5) is 26.3. The van der Waals surface area contributed by atoms with Crippen molar-refractivity contribution < 1.29 is 19.2 Å². The van der Waals surface area contributed by atoms with Crippen LogP contribution in [-0.4, -0.2) is 63.1 Å². The molecule has 0 saturated carbocycles. The van der Waals surface area contributed by atoms with Crippen LogP contribution in [0.3, 0.4) is 0 Å². The lowest BCUT2D eigenvalue weighted by Crippen LogP contribution is -3.11. The van der Waals surface area contributed by atoms with Gasteiger partial charge in [0, 0.05) is 18.1 Å². The Morgan fingerprint density at radius 2 is 1.88 bits per heavy atom. The Hall–Kier alpha value is -1.79. The Bertz CT molecular complexity index is 534. The average molecular weight is 357 g/mol. The number of likely N-dealkylation sites (N-methyl/N-ethyl adjacent to an activating group) is 2. The van der Waals surface area contributed by atoms with Crippen LogP contribution in [0.15, 0.2) is 24.3 Å². The van der Waals surface area contributed by atoms with E-state index in [9.17, 15) is 9.59 Å². The van der Waals surface area contributed by atoms with Gasteiger partial charge in [-0.15, -0.1) is 0 Å². The summed E-state index contributed by atoms with van der Waals surface area (Å²) in [5.41, 5.74) is 0. The normalized spacial score (nSPS) is 11.9. The number of benzene rings is 1. The van der Waals surface area contributed by atoms with Gasteiger partial charge in [-0.2, -0.15) is 0 Å². The van der Waals surface area contributed by atoms with Crippen molar-refractivity contribution in [2.24, 2.45) is 0 Å². The molecule has 7 heteroatoms. The van der Waals surface area contributed by atoms with E-state index in [0.29, 0.717) is 23.9 Å². The van der Waals surface area contributed by atoms with Crippen molar-refractivity contribution in [3.63, 3.8) is 0 Å². The lowest BCUT2D eigenvalue weighted by Gasteiger charge is -2.20. The number of amides is 2. The summed E-state index contributed by atoms with van der Waals surface area (Å²) in [6, 6.07) is 7.19. The van der Waals surface area contributed by atoms with Gasteiger partial charge in [0.15, 0.2) is 13.1 Å². The molecule has 1 atom stereocenters. The van der Waals surface area contributed by atoms with Gasteiger partial charge in [-0.05, 0) is 38.1 Å². The van der Waals surface area contributed by atoms with Crippen molar-refractivity contribution in [1.29, 1.82) is 0 Å². The first kappa shape index (κ1) is 20.3. The molecule has 2 amide bonds. The molecule has 134 valence electrons. The molecule has 0 saturated heterocycles. The van der Waals surface area contributed by atoms with Gasteiger partial charge in [0.25, 0.3) is 11.8 Å². The first-order valence-electron chi connectivity index (χ1n) is 8.01. The second kappa shape index (κ2) is 10.2. The molecule has 0 spiro atoms. The van der Waals surface area contributed by atoms with Gasteiger partial charge in [-0.25, -0.2) is 0 Å². The summed E-state index contributed by atoms with van der Waals surface area (Å²) in [5, 5.41) is 3.47. The molecular formula is C17H27ClN3O3+. The molecular weight excluding hydrogens is 330 g/mol. The van der Waals surface area contributed by atoms with Gasteiger partial charge in [0.2, 0.25) is 0 Å². The fraction of sp³-hybridized carbons (Fsp3) is 0.529. The fourth-order valence-electron chi connectivity index (χ4n) is 2.06. The molecule has 0 bridgehead atoms. The zero-order chi connectivity index (χ0) is 18.1. The van der Waals surface area contributed by atoms with Crippen molar-refractivity contribution in [2.45, 2.75) is 19.9 Å². The van der Waals surface area contributed by atoms with Gasteiger partial charge in [0.05, 0.1) is 13.6 Å². The van der Waals surface area contributed by atoms with Crippen LogP contribution in [0.2, 0.25) is 5.02 Å². The Balaban J connectivity index is 2.28. The molecule has 0 radical (unpaired) electrons. The smallest absolute Gasteiger partial charge is 0.277 e. The number of nitrogens with one attached hydrogen (secondary N) is 2. The third-order valence-corrected chi connectivity index (χ3v) is 3.55. The summed E-state index contributed by atoms with van der Waals surface area (Å²) < 4.78 is 5.57. The van der Waals surface area contributed by atoms with Crippen LogP contribution in [0.4, 0.5) is 0 Å². The van der Waals surface area contributed by atoms with E-state index in [1.165, 1.54) is 0 Å². The number of halogens is 1. The Morgan fingerprint density at radius 1 is 1.25 bits per heavy atom. The van der Waals surface area contributed by atoms with E-state index in [4.69, 9.17) is 16.3 Å². The number of nitrogens with zero attached hydrogens (tertiary/aromatic N) is 1. The predicted molar refractivity (Wildman–Crippen MR) is 94.5 cm³/mol. The highest BCUT2D eigenvalue weighted by Crippen LogP contribution is 2.15. The van der Waals surface area contributed by atoms with E-state index in [1.54, 1.807) is 36.2 Å². The third-order valence-electron chi connectivity index (χ3n) is 3.30. The quantitative estimate of drug-likeness (QED) is 0.665. The van der Waals surface area contributed by atoms with Crippen LogP contribution in [0.5, 0.6) is 5.75 Å². The molecule has 0 aromatic heterocycles. The number of hydrogen-bond donors (Lipinski definition) is 2. The van der Waals surface area contributed by atoms with Crippen molar-refractivity contribution in [3.05, 3.63) is 29.3 Å². The minimum Gasteiger partial charge on any atom is -0.492 e. The summed E-state index contributed by atoms with van der Waals surface area (Å²) >= 11 is 5.81. The van der Waals surface area contributed by atoms with Gasteiger partial charge in [0.1, 0.15) is 12.4 Å². The number of rotatable bonds is 9. The minimum absolute atomic E-state index is 0.0236. The van der Waals surface area contributed by atoms with E-state index in [1.807, 2.05) is 20.9 Å². The fourth-order valence-corrected chi connectivity index (χ4v) is 2.18. The number of ether oxygens (including phenoxy) is 1. The predicted octanol–water partition coefficient (Wildman–Crippen LogP) is 0.217. The van der Waals surface area contributed by atoms with Crippen molar-refractivity contribution in [1.82, 2.24) is 10.2 Å². The zero-order valence-electron chi connectivity index (χ0n) is 14.8. The van der Waals surface area contributed by atoms with Gasteiger partial charge < -0.3 is 19.9 Å². The number of hydrogen-bond acceptors (Lipinski definition) is 3. The topological polar surface area (TPSA) is 63.1 Å². The SMILES string of the molecule is CC(C)NC(=O)C[NH+](C)CC(=O)N(C)CCOc1ccc(Cl)cc1. The Labute approximate surface area is 148 Å². The average Bonchev–Trinajstić information content (AvgIpc) is 2.47. The van der Waals surface area contributed by atoms with Gasteiger partial charge >= 0.3 is 0 Å². The monoisotopic (exact) mass is 356 g/mol. The van der Waals surface area contributed by atoms with Gasteiger partial charge in [-0.3, -0.25) is 9.59 Å². The lowest BCUT2D eigenvalue weighted by molar-refractivity contribution is -0.863. The first-order valence-corrected chi connectivity index (χ1v) is 8.38. The highest BCUT2D eigenvalue weighted by molar-refractivity contribution is 6.30. The second-order valence-corrected chi connectivity index (χ2v) is 6.59. The largest absolute Gasteiger partial charge is 0.492 e. The number of carbonyl (C=O) groups is 2. The maximum absolute atomic E-state index is 12.1. The second-order valence-electron chi connectivity index (χ2n) is 6.15. The molecule has 0 aliphatic carbocycles. The van der Waals surface area contributed by atoms with E-state index in [0.717, 1.165) is 4.90 Å². The maximum atomic E-state index is 12.1. The van der Waals surface area contributed by atoms with Gasteiger partial charge in [-0.1, -0.05) is 11.6 Å². The summed E-state index contributed by atoms with van der Waals surface area (Å²) in [6.45, 7) is 5.24. The van der Waals surface area contributed by atoms with Crippen molar-refractivity contribution in [2.75, 3.05) is 40.3 Å². The molecule has 6 nitrogen and oxygen atoms in total. The molecule has 0 heterocycles. The summed E-state index contributed by atoms with van der Waals surface area (Å²) in [7, 11) is 3.56. The standard InChI is InChI=1S/C17H26ClN3O3/c1-13(2)19-16(22)11-20(3)12-17(23)21(4)9-10-24-15-7-5-14(18)6-8-15/h5-8,13H,9-12H2,1-4H3,(H,19,22)/p+1. The minimum atomic E-state index is -0.0518. The number of quaternary nitrogens is 1. The van der Waals surface area contributed by atoms with Crippen LogP contribution in [0, 0.1) is 0 Å². The van der Waals surface area contributed by atoms with Crippen molar-refractivity contribution >= 4 is 23.4 Å². The van der Waals surface area contributed by atoms with E-state index in [-0.39, 0.29) is 30.9 Å². The van der Waals surface area contributed by atoms with E-state index < -0.39 is 0 Å². The van der Waals surface area contributed by atoms with E-state index >= 15 is 0 Å². The zero-order valence-corrected chi connectivity index (χ0v) is 15.5. The maximum Gasteiger partial charge on any atom is 0.277 e. The highest BCUT2D eigenvalue weighted by atomic mass is 35.5. The van der Waals surface area contributed by atoms with Crippen LogP contribution in [0.25, 0.3) is 0 Å². The molecule has 2 N–H and O–H groups in total.